The van der Waals surface area contributed by atoms with E-state index in [2.05, 4.69) is 0 Å². The molecule has 7 nitrogen and oxygen atoms in total. The molecule has 1 aliphatic heterocycles. The van der Waals surface area contributed by atoms with Gasteiger partial charge in [-0.2, -0.15) is 0 Å². The number of nitro benzene ring substituents is 1. The zero-order chi connectivity index (χ0) is 14.7. The molecule has 0 radical (unpaired) electrons. The van der Waals surface area contributed by atoms with Gasteiger partial charge in [-0.05, 0) is 18.9 Å². The maximum absolute atomic E-state index is 11.7. The summed E-state index contributed by atoms with van der Waals surface area (Å²) in [6, 6.07) is 4.26. The molecule has 20 heavy (non-hydrogen) atoms. The van der Waals surface area contributed by atoms with E-state index < -0.39 is 4.92 Å². The van der Waals surface area contributed by atoms with E-state index in [0.717, 1.165) is 12.1 Å². The van der Waals surface area contributed by atoms with Gasteiger partial charge in [-0.1, -0.05) is 0 Å². The number of benzene rings is 1. The second-order valence-electron chi connectivity index (χ2n) is 4.49. The first-order chi connectivity index (χ1) is 9.58. The molecular weight excluding hydrogens is 264 g/mol. The minimum absolute atomic E-state index is 0.0925. The molecule has 0 spiro atoms. The van der Waals surface area contributed by atoms with Gasteiger partial charge in [0.15, 0.2) is 5.75 Å². The van der Waals surface area contributed by atoms with E-state index in [9.17, 15) is 14.9 Å². The average Bonchev–Trinajstić information content (AvgIpc) is 2.94. The third-order valence-electron chi connectivity index (χ3n) is 3.42. The monoisotopic (exact) mass is 280 g/mol. The zero-order valence-corrected chi connectivity index (χ0v) is 11.4. The Bertz CT molecular complexity index is 531. The maximum atomic E-state index is 11.7. The van der Waals surface area contributed by atoms with Crippen molar-refractivity contribution < 1.29 is 19.2 Å². The highest BCUT2D eigenvalue weighted by atomic mass is 16.6. The molecule has 0 aromatic heterocycles. The Hall–Kier alpha value is -2.31. The fourth-order valence-electron chi connectivity index (χ4n) is 2.45. The number of methoxy groups -OCH3 is 2. The number of carbonyl (C=O) groups excluding carboxylic acids is 1. The molecule has 1 fully saturated rings. The van der Waals surface area contributed by atoms with Gasteiger partial charge in [-0.3, -0.25) is 10.1 Å². The van der Waals surface area contributed by atoms with Gasteiger partial charge in [-0.25, -0.2) is 4.79 Å². The molecule has 0 bridgehead atoms. The fourth-order valence-corrected chi connectivity index (χ4v) is 2.45. The lowest BCUT2D eigenvalue weighted by molar-refractivity contribution is -0.385. The lowest BCUT2D eigenvalue weighted by atomic mass is 10.2. The molecule has 1 unspecified atom stereocenters. The van der Waals surface area contributed by atoms with Gasteiger partial charge in [0.25, 0.3) is 0 Å². The summed E-state index contributed by atoms with van der Waals surface area (Å²) in [6.45, 7) is 0.709. The predicted molar refractivity (Wildman–Crippen MR) is 72.0 cm³/mol. The van der Waals surface area contributed by atoms with Crippen LogP contribution in [0.2, 0.25) is 0 Å². The molecule has 7 heteroatoms. The van der Waals surface area contributed by atoms with Gasteiger partial charge in [-0.15, -0.1) is 0 Å². The van der Waals surface area contributed by atoms with Crippen molar-refractivity contribution in [3.8, 4) is 5.75 Å². The summed E-state index contributed by atoms with van der Waals surface area (Å²) >= 11 is 0. The van der Waals surface area contributed by atoms with Crippen LogP contribution in [0.25, 0.3) is 0 Å². The zero-order valence-electron chi connectivity index (χ0n) is 11.4. The highest BCUT2D eigenvalue weighted by molar-refractivity contribution is 5.81. The van der Waals surface area contributed by atoms with Crippen LogP contribution in [-0.4, -0.2) is 37.7 Å². The standard InChI is InChI=1S/C13H16N2O5/c1-19-12-8-9(5-6-10(12)15(17)18)14-7-3-4-11(14)13(16)20-2/h5-6,8,11H,3-4,7H2,1-2H3. The molecule has 0 aliphatic carbocycles. The second-order valence-corrected chi connectivity index (χ2v) is 4.49. The van der Waals surface area contributed by atoms with Gasteiger partial charge in [0, 0.05) is 24.4 Å². The first kappa shape index (κ1) is 14.1. The molecule has 108 valence electrons. The van der Waals surface area contributed by atoms with Crippen LogP contribution in [0.4, 0.5) is 11.4 Å². The van der Waals surface area contributed by atoms with E-state index in [1.54, 1.807) is 12.1 Å². The molecule has 1 heterocycles. The number of hydrogen-bond acceptors (Lipinski definition) is 6. The van der Waals surface area contributed by atoms with E-state index in [0.29, 0.717) is 13.0 Å². The van der Waals surface area contributed by atoms with Crippen molar-refractivity contribution in [2.75, 3.05) is 25.7 Å². The molecule has 1 aromatic carbocycles. The molecule has 1 aromatic rings. The minimum atomic E-state index is -0.496. The average molecular weight is 280 g/mol. The number of anilines is 1. The van der Waals surface area contributed by atoms with E-state index >= 15 is 0 Å². The normalized spacial score (nSPS) is 17.9. The Labute approximate surface area is 116 Å². The Morgan fingerprint density at radius 2 is 2.20 bits per heavy atom. The van der Waals surface area contributed by atoms with Crippen LogP contribution in [0.1, 0.15) is 12.8 Å². The van der Waals surface area contributed by atoms with Crippen molar-refractivity contribution in [2.24, 2.45) is 0 Å². The highest BCUT2D eigenvalue weighted by Gasteiger charge is 2.32. The van der Waals surface area contributed by atoms with Crippen molar-refractivity contribution in [2.45, 2.75) is 18.9 Å². The third-order valence-corrected chi connectivity index (χ3v) is 3.42. The predicted octanol–water partition coefficient (Wildman–Crippen LogP) is 1.75. The smallest absolute Gasteiger partial charge is 0.328 e. The minimum Gasteiger partial charge on any atom is -0.490 e. The summed E-state index contributed by atoms with van der Waals surface area (Å²) in [5, 5.41) is 10.9. The van der Waals surface area contributed by atoms with Gasteiger partial charge in [0.2, 0.25) is 0 Å². The summed E-state index contributed by atoms with van der Waals surface area (Å²) in [6.07, 6.45) is 1.59. The van der Waals surface area contributed by atoms with E-state index in [1.165, 1.54) is 20.3 Å². The Morgan fingerprint density at radius 3 is 2.80 bits per heavy atom. The van der Waals surface area contributed by atoms with Crippen molar-refractivity contribution in [1.82, 2.24) is 0 Å². The van der Waals surface area contributed by atoms with E-state index in [4.69, 9.17) is 9.47 Å². The van der Waals surface area contributed by atoms with Crippen LogP contribution < -0.4 is 9.64 Å². The van der Waals surface area contributed by atoms with Crippen LogP contribution in [0.5, 0.6) is 5.75 Å². The number of esters is 1. The third kappa shape index (κ3) is 2.52. The Morgan fingerprint density at radius 1 is 1.45 bits per heavy atom. The topological polar surface area (TPSA) is 81.9 Å². The van der Waals surface area contributed by atoms with E-state index in [-0.39, 0.29) is 23.4 Å². The van der Waals surface area contributed by atoms with Crippen LogP contribution in [0.3, 0.4) is 0 Å². The second kappa shape index (κ2) is 5.77. The van der Waals surface area contributed by atoms with Crippen molar-refractivity contribution in [3.63, 3.8) is 0 Å². The number of nitro groups is 1. The SMILES string of the molecule is COC(=O)C1CCCN1c1ccc([N+](=O)[O-])c(OC)c1. The van der Waals surface area contributed by atoms with Crippen LogP contribution in [0.15, 0.2) is 18.2 Å². The summed E-state index contributed by atoms with van der Waals surface area (Å²) in [7, 11) is 2.74. The number of ether oxygens (including phenoxy) is 2. The molecule has 0 N–H and O–H groups in total. The lowest BCUT2D eigenvalue weighted by Gasteiger charge is -2.25. The Kier molecular flexibility index (Phi) is 4.07. The molecule has 1 aliphatic rings. The van der Waals surface area contributed by atoms with Crippen LogP contribution >= 0.6 is 0 Å². The molecule has 2 rings (SSSR count). The van der Waals surface area contributed by atoms with Gasteiger partial charge in [0.05, 0.1) is 19.1 Å². The van der Waals surface area contributed by atoms with Crippen molar-refractivity contribution >= 4 is 17.3 Å². The molecular formula is C13H16N2O5. The largest absolute Gasteiger partial charge is 0.490 e. The van der Waals surface area contributed by atoms with Crippen LogP contribution in [-0.2, 0) is 9.53 Å². The maximum Gasteiger partial charge on any atom is 0.328 e. The first-order valence-corrected chi connectivity index (χ1v) is 6.25. The number of carbonyl (C=O) groups is 1. The van der Waals surface area contributed by atoms with E-state index in [1.807, 2.05) is 4.90 Å². The summed E-state index contributed by atoms with van der Waals surface area (Å²) in [5.41, 5.74) is 0.630. The molecule has 1 saturated heterocycles. The number of hydrogen-bond donors (Lipinski definition) is 0. The number of rotatable bonds is 4. The molecule has 1 atom stereocenters. The Balaban J connectivity index is 2.33. The highest BCUT2D eigenvalue weighted by Crippen LogP contribution is 2.34. The molecule has 0 saturated carbocycles. The van der Waals surface area contributed by atoms with Crippen LogP contribution in [0, 0.1) is 10.1 Å². The number of nitrogens with zero attached hydrogens (tertiary/aromatic N) is 2. The fraction of sp³-hybridized carbons (Fsp3) is 0.462. The first-order valence-electron chi connectivity index (χ1n) is 6.25. The summed E-state index contributed by atoms with van der Waals surface area (Å²) in [5.74, 6) is -0.108. The van der Waals surface area contributed by atoms with Gasteiger partial charge < -0.3 is 14.4 Å². The summed E-state index contributed by atoms with van der Waals surface area (Å²) in [4.78, 5) is 24.0. The lowest BCUT2D eigenvalue weighted by Crippen LogP contribution is -2.36. The summed E-state index contributed by atoms with van der Waals surface area (Å²) < 4.78 is 9.83. The quantitative estimate of drug-likeness (QED) is 0.474. The molecule has 0 amide bonds. The van der Waals surface area contributed by atoms with Crippen molar-refractivity contribution in [3.05, 3.63) is 28.3 Å². The van der Waals surface area contributed by atoms with Crippen molar-refractivity contribution in [1.29, 1.82) is 0 Å². The van der Waals surface area contributed by atoms with Gasteiger partial charge in [0.1, 0.15) is 6.04 Å². The van der Waals surface area contributed by atoms with Gasteiger partial charge >= 0.3 is 11.7 Å².